The fraction of sp³-hybridized carbons (Fsp3) is 0.235. The van der Waals surface area contributed by atoms with Crippen LogP contribution in [0.25, 0.3) is 0 Å². The predicted molar refractivity (Wildman–Crippen MR) is 85.5 cm³/mol. The van der Waals surface area contributed by atoms with Crippen LogP contribution in [0.4, 0.5) is 11.4 Å². The summed E-state index contributed by atoms with van der Waals surface area (Å²) in [7, 11) is 0. The number of hydrogen-bond donors (Lipinski definition) is 3. The average Bonchev–Trinajstić information content (AvgIpc) is 2.53. The fourth-order valence-electron chi connectivity index (χ4n) is 2.71. The summed E-state index contributed by atoms with van der Waals surface area (Å²) in [6, 6.07) is 13.7. The molecule has 4 heteroatoms. The molecule has 1 heterocycles. The Bertz CT molecular complexity index is 667. The minimum absolute atomic E-state index is 0.405. The Labute approximate surface area is 124 Å². The molecule has 21 heavy (non-hydrogen) atoms. The van der Waals surface area contributed by atoms with Gasteiger partial charge in [-0.2, -0.15) is 0 Å². The van der Waals surface area contributed by atoms with Gasteiger partial charge >= 0.3 is 0 Å². The Balaban J connectivity index is 1.76. The summed E-state index contributed by atoms with van der Waals surface area (Å²) in [4.78, 5) is 11.2. The van der Waals surface area contributed by atoms with Crippen LogP contribution < -0.4 is 16.4 Å². The Morgan fingerprint density at radius 2 is 2.10 bits per heavy atom. The van der Waals surface area contributed by atoms with Gasteiger partial charge in [-0.3, -0.25) is 4.79 Å². The standard InChI is InChI=1S/C17H19N3O/c18-17(21)13-5-2-8-15(10-13)20-11-14-6-1-4-12-7-3-9-19-16(12)14/h1-2,4-6,8,10,19-20H,3,7,9,11H2,(H2,18,21). The molecule has 0 saturated heterocycles. The van der Waals surface area contributed by atoms with E-state index in [4.69, 9.17) is 5.73 Å². The molecule has 1 amide bonds. The largest absolute Gasteiger partial charge is 0.385 e. The van der Waals surface area contributed by atoms with E-state index in [1.807, 2.05) is 12.1 Å². The summed E-state index contributed by atoms with van der Waals surface area (Å²) >= 11 is 0. The van der Waals surface area contributed by atoms with Crippen LogP contribution in [-0.4, -0.2) is 12.5 Å². The second-order valence-electron chi connectivity index (χ2n) is 5.28. The SMILES string of the molecule is NC(=O)c1cccc(NCc2cccc3c2NCCC3)c1. The summed E-state index contributed by atoms with van der Waals surface area (Å²) in [6.45, 7) is 1.75. The van der Waals surface area contributed by atoms with Crippen molar-refractivity contribution in [1.29, 1.82) is 0 Å². The van der Waals surface area contributed by atoms with Gasteiger partial charge in [-0.1, -0.05) is 24.3 Å². The van der Waals surface area contributed by atoms with E-state index >= 15 is 0 Å². The van der Waals surface area contributed by atoms with Crippen molar-refractivity contribution < 1.29 is 4.79 Å². The van der Waals surface area contributed by atoms with E-state index in [9.17, 15) is 4.79 Å². The molecule has 1 aliphatic heterocycles. The predicted octanol–water partition coefficient (Wildman–Crippen LogP) is 2.76. The number of carbonyl (C=O) groups excluding carboxylic acids is 1. The van der Waals surface area contributed by atoms with Crippen LogP contribution in [0.2, 0.25) is 0 Å². The molecule has 4 nitrogen and oxygen atoms in total. The molecule has 0 atom stereocenters. The fourth-order valence-corrected chi connectivity index (χ4v) is 2.71. The third-order valence-electron chi connectivity index (χ3n) is 3.79. The maximum absolute atomic E-state index is 11.2. The third kappa shape index (κ3) is 2.99. The van der Waals surface area contributed by atoms with Gasteiger partial charge in [0.25, 0.3) is 0 Å². The van der Waals surface area contributed by atoms with E-state index in [2.05, 4.69) is 28.8 Å². The van der Waals surface area contributed by atoms with Gasteiger partial charge in [-0.05, 0) is 42.2 Å². The molecule has 1 aliphatic rings. The molecule has 3 rings (SSSR count). The Morgan fingerprint density at radius 3 is 2.95 bits per heavy atom. The van der Waals surface area contributed by atoms with Crippen molar-refractivity contribution in [1.82, 2.24) is 0 Å². The van der Waals surface area contributed by atoms with Crippen molar-refractivity contribution in [2.45, 2.75) is 19.4 Å². The number of hydrogen-bond acceptors (Lipinski definition) is 3. The monoisotopic (exact) mass is 281 g/mol. The number of aryl methyl sites for hydroxylation is 1. The zero-order valence-electron chi connectivity index (χ0n) is 11.9. The normalized spacial score (nSPS) is 13.1. The molecule has 108 valence electrons. The van der Waals surface area contributed by atoms with Gasteiger partial charge in [0.1, 0.15) is 0 Å². The molecule has 0 bridgehead atoms. The van der Waals surface area contributed by atoms with Crippen molar-refractivity contribution in [2.24, 2.45) is 5.73 Å². The van der Waals surface area contributed by atoms with Crippen LogP contribution >= 0.6 is 0 Å². The van der Waals surface area contributed by atoms with Crippen LogP contribution in [-0.2, 0) is 13.0 Å². The minimum Gasteiger partial charge on any atom is -0.385 e. The van der Waals surface area contributed by atoms with Gasteiger partial charge in [0.2, 0.25) is 5.91 Å². The van der Waals surface area contributed by atoms with Gasteiger partial charge in [-0.15, -0.1) is 0 Å². The second-order valence-corrected chi connectivity index (χ2v) is 5.28. The molecule has 2 aromatic carbocycles. The number of rotatable bonds is 4. The molecule has 0 radical (unpaired) electrons. The van der Waals surface area contributed by atoms with E-state index in [1.165, 1.54) is 23.2 Å². The number of nitrogens with one attached hydrogen (secondary N) is 2. The highest BCUT2D eigenvalue weighted by Gasteiger charge is 2.12. The number of primary amides is 1. The van der Waals surface area contributed by atoms with Crippen LogP contribution in [0.15, 0.2) is 42.5 Å². The maximum Gasteiger partial charge on any atom is 0.248 e. The summed E-state index contributed by atoms with van der Waals surface area (Å²) in [5.41, 5.74) is 10.6. The first kappa shape index (κ1) is 13.5. The highest BCUT2D eigenvalue weighted by atomic mass is 16.1. The highest BCUT2D eigenvalue weighted by molar-refractivity contribution is 5.93. The van der Waals surface area contributed by atoms with E-state index in [-0.39, 0.29) is 0 Å². The quantitative estimate of drug-likeness (QED) is 0.807. The zero-order valence-corrected chi connectivity index (χ0v) is 11.9. The van der Waals surface area contributed by atoms with Crippen LogP contribution in [0.3, 0.4) is 0 Å². The lowest BCUT2D eigenvalue weighted by Gasteiger charge is -2.21. The molecule has 0 spiro atoms. The topological polar surface area (TPSA) is 67.2 Å². The number of nitrogens with two attached hydrogens (primary N) is 1. The number of para-hydroxylation sites is 1. The first-order valence-corrected chi connectivity index (χ1v) is 7.22. The van der Waals surface area contributed by atoms with Gasteiger partial charge in [-0.25, -0.2) is 0 Å². The number of amides is 1. The van der Waals surface area contributed by atoms with E-state index in [0.29, 0.717) is 5.56 Å². The van der Waals surface area contributed by atoms with Gasteiger partial charge in [0.05, 0.1) is 0 Å². The summed E-state index contributed by atoms with van der Waals surface area (Å²) in [5, 5.41) is 6.84. The number of benzene rings is 2. The Kier molecular flexibility index (Phi) is 3.77. The molecule has 0 aliphatic carbocycles. The van der Waals surface area contributed by atoms with Crippen LogP contribution in [0, 0.1) is 0 Å². The van der Waals surface area contributed by atoms with E-state index < -0.39 is 5.91 Å². The number of anilines is 2. The van der Waals surface area contributed by atoms with E-state index in [0.717, 1.165) is 25.2 Å². The van der Waals surface area contributed by atoms with Crippen molar-refractivity contribution in [3.8, 4) is 0 Å². The molecule has 0 saturated carbocycles. The maximum atomic E-state index is 11.2. The first-order valence-electron chi connectivity index (χ1n) is 7.22. The van der Waals surface area contributed by atoms with Crippen LogP contribution in [0.5, 0.6) is 0 Å². The van der Waals surface area contributed by atoms with E-state index in [1.54, 1.807) is 12.1 Å². The molecule has 4 N–H and O–H groups in total. The molecule has 2 aromatic rings. The van der Waals surface area contributed by atoms with Gasteiger partial charge < -0.3 is 16.4 Å². The third-order valence-corrected chi connectivity index (χ3v) is 3.79. The van der Waals surface area contributed by atoms with Crippen molar-refractivity contribution in [3.63, 3.8) is 0 Å². The number of carbonyl (C=O) groups is 1. The molecule has 0 aromatic heterocycles. The minimum atomic E-state index is -0.405. The molecular formula is C17H19N3O. The lowest BCUT2D eigenvalue weighted by atomic mass is 9.99. The smallest absolute Gasteiger partial charge is 0.248 e. The Morgan fingerprint density at radius 1 is 1.24 bits per heavy atom. The summed E-state index contributed by atoms with van der Waals surface area (Å²) in [5.74, 6) is -0.405. The molecule has 0 fully saturated rings. The summed E-state index contributed by atoms with van der Waals surface area (Å²) < 4.78 is 0. The average molecular weight is 281 g/mol. The second kappa shape index (κ2) is 5.87. The number of fused-ring (bicyclic) bond motifs is 1. The van der Waals surface area contributed by atoms with Crippen molar-refractivity contribution in [2.75, 3.05) is 17.2 Å². The lowest BCUT2D eigenvalue weighted by Crippen LogP contribution is -2.15. The van der Waals surface area contributed by atoms with Gasteiger partial charge in [0.15, 0.2) is 0 Å². The van der Waals surface area contributed by atoms with Gasteiger partial charge in [0, 0.05) is 30.0 Å². The van der Waals surface area contributed by atoms with Crippen LogP contribution in [0.1, 0.15) is 27.9 Å². The molecule has 0 unspecified atom stereocenters. The lowest BCUT2D eigenvalue weighted by molar-refractivity contribution is 0.100. The van der Waals surface area contributed by atoms with Crippen molar-refractivity contribution >= 4 is 17.3 Å². The highest BCUT2D eigenvalue weighted by Crippen LogP contribution is 2.26. The zero-order chi connectivity index (χ0) is 14.7. The Hall–Kier alpha value is -2.49. The summed E-state index contributed by atoms with van der Waals surface area (Å²) in [6.07, 6.45) is 2.32. The molecular weight excluding hydrogens is 262 g/mol. The first-order chi connectivity index (χ1) is 10.2. The van der Waals surface area contributed by atoms with Crippen molar-refractivity contribution in [3.05, 3.63) is 59.2 Å².